The fraction of sp³-hybridized carbons (Fsp3) is 0.391. The average Bonchev–Trinajstić information content (AvgIpc) is 3.34. The summed E-state index contributed by atoms with van der Waals surface area (Å²) in [5, 5.41) is 0.711. The Morgan fingerprint density at radius 3 is 2.76 bits per heavy atom. The number of carbonyl (C=O) groups is 1. The topological polar surface area (TPSA) is 47.4 Å². The number of benzene rings is 2. The van der Waals surface area contributed by atoms with E-state index in [1.54, 1.807) is 6.92 Å². The number of likely N-dealkylation sites (tertiary alicyclic amines) is 1. The minimum Gasteiger partial charge on any atom is -0.494 e. The lowest BCUT2D eigenvalue weighted by atomic mass is 10.2. The van der Waals surface area contributed by atoms with Crippen LogP contribution in [0.2, 0.25) is 5.02 Å². The van der Waals surface area contributed by atoms with E-state index in [0.717, 1.165) is 61.4 Å². The number of aromatic nitrogens is 2. The SMILES string of the molecule is CC(=O)N1CCC[C@H]1c1nc2ccccc2n1CCCCOc1ccc(Cl)cc1. The summed E-state index contributed by atoms with van der Waals surface area (Å²) in [4.78, 5) is 18.9. The molecule has 5 nitrogen and oxygen atoms in total. The molecule has 2 heterocycles. The molecule has 152 valence electrons. The van der Waals surface area contributed by atoms with Gasteiger partial charge in [0.25, 0.3) is 0 Å². The van der Waals surface area contributed by atoms with Crippen molar-refractivity contribution in [1.29, 1.82) is 0 Å². The molecular weight excluding hydrogens is 386 g/mol. The predicted octanol–water partition coefficient (Wildman–Crippen LogP) is 5.23. The zero-order valence-corrected chi connectivity index (χ0v) is 17.4. The number of fused-ring (bicyclic) bond motifs is 1. The molecule has 4 rings (SSSR count). The van der Waals surface area contributed by atoms with Crippen molar-refractivity contribution in [1.82, 2.24) is 14.5 Å². The summed E-state index contributed by atoms with van der Waals surface area (Å²) in [6, 6.07) is 15.7. The summed E-state index contributed by atoms with van der Waals surface area (Å²) >= 11 is 5.91. The van der Waals surface area contributed by atoms with Crippen LogP contribution in [0.4, 0.5) is 0 Å². The summed E-state index contributed by atoms with van der Waals surface area (Å²) in [5.74, 6) is 1.98. The molecule has 1 atom stereocenters. The van der Waals surface area contributed by atoms with Gasteiger partial charge in [-0.1, -0.05) is 23.7 Å². The van der Waals surface area contributed by atoms with Crippen LogP contribution >= 0.6 is 11.6 Å². The Morgan fingerprint density at radius 2 is 1.97 bits per heavy atom. The number of amides is 1. The van der Waals surface area contributed by atoms with Gasteiger partial charge in [-0.05, 0) is 62.1 Å². The summed E-state index contributed by atoms with van der Waals surface area (Å²) in [6.07, 6.45) is 3.92. The number of hydrogen-bond acceptors (Lipinski definition) is 3. The average molecular weight is 412 g/mol. The highest BCUT2D eigenvalue weighted by Gasteiger charge is 2.31. The highest BCUT2D eigenvalue weighted by molar-refractivity contribution is 6.30. The molecule has 3 aromatic rings. The second-order valence-electron chi connectivity index (χ2n) is 7.49. The second-order valence-corrected chi connectivity index (χ2v) is 7.93. The maximum absolute atomic E-state index is 12.1. The third-order valence-electron chi connectivity index (χ3n) is 5.50. The van der Waals surface area contributed by atoms with Crippen LogP contribution in [0.5, 0.6) is 5.75 Å². The maximum Gasteiger partial charge on any atom is 0.220 e. The quantitative estimate of drug-likeness (QED) is 0.500. The number of aryl methyl sites for hydroxylation is 1. The van der Waals surface area contributed by atoms with Gasteiger partial charge in [-0.2, -0.15) is 0 Å². The third kappa shape index (κ3) is 4.40. The summed E-state index contributed by atoms with van der Waals surface area (Å²) in [6.45, 7) is 3.99. The van der Waals surface area contributed by atoms with Gasteiger partial charge in [0.2, 0.25) is 5.91 Å². The van der Waals surface area contributed by atoms with Crippen molar-refractivity contribution >= 4 is 28.5 Å². The molecule has 0 spiro atoms. The number of halogens is 1. The van der Waals surface area contributed by atoms with Crippen LogP contribution in [0.1, 0.15) is 44.5 Å². The Kier molecular flexibility index (Phi) is 6.05. The van der Waals surface area contributed by atoms with E-state index in [2.05, 4.69) is 10.6 Å². The molecule has 0 bridgehead atoms. The van der Waals surface area contributed by atoms with Gasteiger partial charge in [-0.3, -0.25) is 4.79 Å². The molecule has 6 heteroatoms. The van der Waals surface area contributed by atoms with Crippen LogP contribution in [0.25, 0.3) is 11.0 Å². The van der Waals surface area contributed by atoms with Crippen molar-refractivity contribution in [2.75, 3.05) is 13.2 Å². The monoisotopic (exact) mass is 411 g/mol. The molecule has 29 heavy (non-hydrogen) atoms. The van der Waals surface area contributed by atoms with Gasteiger partial charge in [0.05, 0.1) is 23.7 Å². The number of para-hydroxylation sites is 2. The molecule has 0 radical (unpaired) electrons. The van der Waals surface area contributed by atoms with E-state index >= 15 is 0 Å². The Bertz CT molecular complexity index is 983. The minimum atomic E-state index is 0.0743. The third-order valence-corrected chi connectivity index (χ3v) is 5.75. The number of nitrogens with zero attached hydrogens (tertiary/aromatic N) is 3. The molecule has 1 fully saturated rings. The van der Waals surface area contributed by atoms with Gasteiger partial charge in [-0.25, -0.2) is 4.98 Å². The molecule has 0 aliphatic carbocycles. The number of unbranched alkanes of at least 4 members (excludes halogenated alkanes) is 1. The smallest absolute Gasteiger partial charge is 0.220 e. The number of hydrogen-bond donors (Lipinski definition) is 0. The lowest BCUT2D eigenvalue weighted by Crippen LogP contribution is -2.30. The number of imidazole rings is 1. The summed E-state index contributed by atoms with van der Waals surface area (Å²) < 4.78 is 8.11. The van der Waals surface area contributed by atoms with Gasteiger partial charge >= 0.3 is 0 Å². The highest BCUT2D eigenvalue weighted by Crippen LogP contribution is 2.33. The molecule has 0 N–H and O–H groups in total. The minimum absolute atomic E-state index is 0.0743. The first-order chi connectivity index (χ1) is 14.1. The summed E-state index contributed by atoms with van der Waals surface area (Å²) in [5.41, 5.74) is 2.13. The first kappa shape index (κ1) is 19.8. The fourth-order valence-electron chi connectivity index (χ4n) is 4.09. The van der Waals surface area contributed by atoms with Crippen molar-refractivity contribution in [3.05, 3.63) is 59.4 Å². The normalized spacial score (nSPS) is 16.5. The number of carbonyl (C=O) groups excluding carboxylic acids is 1. The molecule has 1 aliphatic rings. The van der Waals surface area contributed by atoms with E-state index in [4.69, 9.17) is 21.3 Å². The molecule has 1 aromatic heterocycles. The maximum atomic E-state index is 12.1. The van der Waals surface area contributed by atoms with E-state index in [0.29, 0.717) is 11.6 Å². The zero-order valence-electron chi connectivity index (χ0n) is 16.7. The van der Waals surface area contributed by atoms with Gasteiger partial charge in [-0.15, -0.1) is 0 Å². The summed E-state index contributed by atoms with van der Waals surface area (Å²) in [7, 11) is 0. The van der Waals surface area contributed by atoms with Crippen LogP contribution in [-0.4, -0.2) is 33.5 Å². The van der Waals surface area contributed by atoms with Crippen LogP contribution < -0.4 is 4.74 Å². The molecule has 0 unspecified atom stereocenters. The first-order valence-corrected chi connectivity index (χ1v) is 10.6. The van der Waals surface area contributed by atoms with E-state index in [1.807, 2.05) is 47.4 Å². The van der Waals surface area contributed by atoms with Gasteiger partial charge in [0.1, 0.15) is 11.6 Å². The van der Waals surface area contributed by atoms with Crippen LogP contribution in [-0.2, 0) is 11.3 Å². The molecule has 1 aliphatic heterocycles. The van der Waals surface area contributed by atoms with Crippen molar-refractivity contribution in [2.45, 2.75) is 45.2 Å². The lowest BCUT2D eigenvalue weighted by molar-refractivity contribution is -0.129. The highest BCUT2D eigenvalue weighted by atomic mass is 35.5. The standard InChI is InChI=1S/C23H26ClN3O2/c1-17(28)26-15-6-9-22(26)23-25-20-7-2-3-8-21(20)27(23)14-4-5-16-29-19-12-10-18(24)11-13-19/h2-3,7-8,10-13,22H,4-6,9,14-16H2,1H3/t22-/m0/s1. The Balaban J connectivity index is 1.44. The second kappa shape index (κ2) is 8.87. The van der Waals surface area contributed by atoms with Crippen LogP contribution in [0.15, 0.2) is 48.5 Å². The Morgan fingerprint density at radius 1 is 1.17 bits per heavy atom. The van der Waals surface area contributed by atoms with Crippen molar-refractivity contribution in [3.63, 3.8) is 0 Å². The number of rotatable bonds is 7. The van der Waals surface area contributed by atoms with E-state index in [9.17, 15) is 4.79 Å². The largest absolute Gasteiger partial charge is 0.494 e. The Labute approximate surface area is 176 Å². The van der Waals surface area contributed by atoms with Gasteiger partial charge in [0, 0.05) is 25.0 Å². The van der Waals surface area contributed by atoms with E-state index in [1.165, 1.54) is 0 Å². The van der Waals surface area contributed by atoms with Crippen molar-refractivity contribution in [2.24, 2.45) is 0 Å². The Hall–Kier alpha value is -2.53. The van der Waals surface area contributed by atoms with Gasteiger partial charge in [0.15, 0.2) is 0 Å². The lowest BCUT2D eigenvalue weighted by Gasteiger charge is -2.24. The molecule has 0 saturated carbocycles. The zero-order chi connectivity index (χ0) is 20.2. The van der Waals surface area contributed by atoms with E-state index in [-0.39, 0.29) is 11.9 Å². The molecular formula is C23H26ClN3O2. The van der Waals surface area contributed by atoms with Crippen molar-refractivity contribution < 1.29 is 9.53 Å². The molecule has 1 saturated heterocycles. The van der Waals surface area contributed by atoms with E-state index < -0.39 is 0 Å². The fourth-order valence-corrected chi connectivity index (χ4v) is 4.21. The molecule has 2 aromatic carbocycles. The number of ether oxygens (including phenoxy) is 1. The first-order valence-electron chi connectivity index (χ1n) is 10.2. The predicted molar refractivity (Wildman–Crippen MR) is 115 cm³/mol. The van der Waals surface area contributed by atoms with Crippen LogP contribution in [0, 0.1) is 0 Å². The molecule has 1 amide bonds. The van der Waals surface area contributed by atoms with Crippen molar-refractivity contribution in [3.8, 4) is 5.75 Å². The van der Waals surface area contributed by atoms with Crippen LogP contribution in [0.3, 0.4) is 0 Å². The van der Waals surface area contributed by atoms with Gasteiger partial charge < -0.3 is 14.2 Å².